The third-order valence-electron chi connectivity index (χ3n) is 2.31. The van der Waals surface area contributed by atoms with Crippen molar-refractivity contribution in [1.82, 2.24) is 15.3 Å². The van der Waals surface area contributed by atoms with Gasteiger partial charge in [0.15, 0.2) is 5.82 Å². The predicted octanol–water partition coefficient (Wildman–Crippen LogP) is 0.0309. The number of carbonyl (C=O) groups excluding carboxylic acids is 2. The number of aromatic nitrogens is 2. The normalized spacial score (nSPS) is 11.2. The monoisotopic (exact) mass is 257 g/mol. The number of nitrogens with zero attached hydrogens (tertiary/aromatic N) is 1. The summed E-state index contributed by atoms with van der Waals surface area (Å²) in [5.41, 5.74) is 0. The van der Waals surface area contributed by atoms with Crippen LogP contribution in [0.3, 0.4) is 0 Å². The van der Waals surface area contributed by atoms with Gasteiger partial charge >= 0.3 is 8.56 Å². The van der Waals surface area contributed by atoms with E-state index in [0.29, 0.717) is 0 Å². The molecule has 8 heteroatoms. The Kier molecular flexibility index (Phi) is 4.55. The van der Waals surface area contributed by atoms with Crippen LogP contribution in [0.1, 0.15) is 10.6 Å². The fraction of sp³-hybridized carbons (Fsp3) is 0.444. The molecule has 0 bridgehead atoms. The summed E-state index contributed by atoms with van der Waals surface area (Å²) in [6.45, 7) is 1.74. The van der Waals surface area contributed by atoms with E-state index in [-0.39, 0.29) is 11.9 Å². The number of imide groups is 1. The average Bonchev–Trinajstić information content (AvgIpc) is 2.82. The van der Waals surface area contributed by atoms with Crippen LogP contribution in [0.4, 0.5) is 0 Å². The summed E-state index contributed by atoms with van der Waals surface area (Å²) in [5.74, 6) is -0.913. The van der Waals surface area contributed by atoms with Gasteiger partial charge in [0, 0.05) is 26.6 Å². The molecule has 2 amide bonds. The topological polar surface area (TPSA) is 93.3 Å². The standard InChI is InChI=1S/C9H15N3O4Si/c1-15-17(3,16-2)6-7(13)12-9(14)8-10-4-5-11-8/h4-5H,6H2,1-3H3,(H,10,11)(H,12,13,14). The molecule has 17 heavy (non-hydrogen) atoms. The van der Waals surface area contributed by atoms with Gasteiger partial charge in [0.2, 0.25) is 5.91 Å². The molecule has 1 rings (SSSR count). The quantitative estimate of drug-likeness (QED) is 0.726. The zero-order chi connectivity index (χ0) is 12.9. The maximum atomic E-state index is 11.6. The highest BCUT2D eigenvalue weighted by molar-refractivity contribution is 6.69. The Morgan fingerprint density at radius 2 is 2.12 bits per heavy atom. The maximum absolute atomic E-state index is 11.6. The fourth-order valence-corrected chi connectivity index (χ4v) is 2.27. The van der Waals surface area contributed by atoms with E-state index in [9.17, 15) is 9.59 Å². The van der Waals surface area contributed by atoms with Gasteiger partial charge in [-0.25, -0.2) is 4.98 Å². The molecular formula is C9H15N3O4Si. The lowest BCUT2D eigenvalue weighted by Crippen LogP contribution is -2.43. The number of hydrogen-bond donors (Lipinski definition) is 2. The molecule has 1 aromatic heterocycles. The first-order valence-corrected chi connectivity index (χ1v) is 7.47. The van der Waals surface area contributed by atoms with E-state index in [0.717, 1.165) is 0 Å². The van der Waals surface area contributed by atoms with Crippen LogP contribution in [-0.4, -0.2) is 44.6 Å². The minimum atomic E-state index is -2.51. The van der Waals surface area contributed by atoms with E-state index in [2.05, 4.69) is 15.3 Å². The Bertz CT molecular complexity index is 389. The van der Waals surface area contributed by atoms with Crippen molar-refractivity contribution >= 4 is 20.4 Å². The highest BCUT2D eigenvalue weighted by atomic mass is 28.4. The second-order valence-corrected chi connectivity index (χ2v) is 6.97. The molecule has 0 saturated carbocycles. The molecule has 0 radical (unpaired) electrons. The average molecular weight is 257 g/mol. The molecule has 0 fully saturated rings. The summed E-state index contributed by atoms with van der Waals surface area (Å²) < 4.78 is 10.3. The van der Waals surface area contributed by atoms with Gasteiger partial charge in [-0.05, 0) is 6.55 Å². The lowest BCUT2D eigenvalue weighted by Gasteiger charge is -2.21. The molecule has 0 aliphatic carbocycles. The van der Waals surface area contributed by atoms with Crippen LogP contribution in [0, 0.1) is 0 Å². The molecule has 0 aliphatic heterocycles. The summed E-state index contributed by atoms with van der Waals surface area (Å²) in [5, 5.41) is 2.21. The second kappa shape index (κ2) is 5.71. The van der Waals surface area contributed by atoms with Gasteiger partial charge in [0.25, 0.3) is 5.91 Å². The van der Waals surface area contributed by atoms with Crippen LogP contribution >= 0.6 is 0 Å². The molecular weight excluding hydrogens is 242 g/mol. The lowest BCUT2D eigenvalue weighted by atomic mass is 10.5. The van der Waals surface area contributed by atoms with Crippen molar-refractivity contribution < 1.29 is 18.4 Å². The van der Waals surface area contributed by atoms with Crippen molar-refractivity contribution in [3.8, 4) is 0 Å². The number of H-pyrrole nitrogens is 1. The van der Waals surface area contributed by atoms with Crippen LogP contribution in [0.25, 0.3) is 0 Å². The first kappa shape index (κ1) is 13.6. The fourth-order valence-electron chi connectivity index (χ4n) is 1.14. The van der Waals surface area contributed by atoms with Gasteiger partial charge in [0.1, 0.15) is 0 Å². The zero-order valence-electron chi connectivity index (χ0n) is 9.94. The molecule has 1 heterocycles. The first-order valence-electron chi connectivity index (χ1n) is 4.94. The van der Waals surface area contributed by atoms with Crippen molar-refractivity contribution in [2.24, 2.45) is 0 Å². The van der Waals surface area contributed by atoms with E-state index in [1.807, 2.05) is 0 Å². The molecule has 0 aromatic carbocycles. The van der Waals surface area contributed by atoms with E-state index in [1.165, 1.54) is 26.6 Å². The van der Waals surface area contributed by atoms with Crippen molar-refractivity contribution in [1.29, 1.82) is 0 Å². The number of aromatic amines is 1. The Balaban J connectivity index is 2.53. The SMILES string of the molecule is CO[Si](C)(CC(=O)NC(=O)c1ncc[nH]1)OC. The van der Waals surface area contributed by atoms with Gasteiger partial charge in [-0.3, -0.25) is 14.9 Å². The minimum absolute atomic E-state index is 0.0481. The molecule has 0 aliphatic rings. The number of imidazole rings is 1. The highest BCUT2D eigenvalue weighted by Gasteiger charge is 2.32. The van der Waals surface area contributed by atoms with Gasteiger partial charge in [-0.15, -0.1) is 0 Å². The van der Waals surface area contributed by atoms with Crippen molar-refractivity contribution in [3.63, 3.8) is 0 Å². The Hall–Kier alpha value is -1.51. The van der Waals surface area contributed by atoms with Gasteiger partial charge in [-0.1, -0.05) is 0 Å². The summed E-state index contributed by atoms with van der Waals surface area (Å²) in [7, 11) is 0.460. The third-order valence-corrected chi connectivity index (χ3v) is 5.00. The van der Waals surface area contributed by atoms with Crippen LogP contribution in [0.5, 0.6) is 0 Å². The number of nitrogens with one attached hydrogen (secondary N) is 2. The number of amides is 2. The second-order valence-electron chi connectivity index (χ2n) is 3.53. The smallest absolute Gasteiger partial charge is 0.343 e. The van der Waals surface area contributed by atoms with Crippen molar-refractivity contribution in [2.45, 2.75) is 12.6 Å². The van der Waals surface area contributed by atoms with Crippen LogP contribution in [0.15, 0.2) is 12.4 Å². The molecule has 0 saturated heterocycles. The predicted molar refractivity (Wildman–Crippen MR) is 61.5 cm³/mol. The summed E-state index contributed by atoms with van der Waals surface area (Å²) in [4.78, 5) is 29.4. The van der Waals surface area contributed by atoms with Crippen LogP contribution < -0.4 is 5.32 Å². The van der Waals surface area contributed by atoms with Gasteiger partial charge in [0.05, 0.1) is 6.04 Å². The number of carbonyl (C=O) groups is 2. The minimum Gasteiger partial charge on any atom is -0.397 e. The number of hydrogen-bond acceptors (Lipinski definition) is 5. The van der Waals surface area contributed by atoms with E-state index in [4.69, 9.17) is 8.85 Å². The molecule has 0 unspecified atom stereocenters. The summed E-state index contributed by atoms with van der Waals surface area (Å²) in [6.07, 6.45) is 2.94. The maximum Gasteiger partial charge on any atom is 0.343 e. The third kappa shape index (κ3) is 3.77. The highest BCUT2D eigenvalue weighted by Crippen LogP contribution is 2.10. The summed E-state index contributed by atoms with van der Waals surface area (Å²) in [6, 6.07) is 0.0481. The van der Waals surface area contributed by atoms with Gasteiger partial charge in [-0.2, -0.15) is 0 Å². The number of rotatable bonds is 5. The molecule has 2 N–H and O–H groups in total. The van der Waals surface area contributed by atoms with Crippen molar-refractivity contribution in [3.05, 3.63) is 18.2 Å². The summed E-state index contributed by atoms with van der Waals surface area (Å²) >= 11 is 0. The lowest BCUT2D eigenvalue weighted by molar-refractivity contribution is -0.118. The zero-order valence-corrected chi connectivity index (χ0v) is 10.9. The Morgan fingerprint density at radius 3 is 2.59 bits per heavy atom. The van der Waals surface area contributed by atoms with E-state index >= 15 is 0 Å². The molecule has 0 atom stereocenters. The first-order chi connectivity index (χ1) is 8.00. The van der Waals surface area contributed by atoms with E-state index < -0.39 is 20.4 Å². The van der Waals surface area contributed by atoms with Crippen LogP contribution in [-0.2, 0) is 13.6 Å². The molecule has 1 aromatic rings. The van der Waals surface area contributed by atoms with E-state index in [1.54, 1.807) is 6.55 Å². The Labute approximate surface area is 99.8 Å². The van der Waals surface area contributed by atoms with Gasteiger partial charge < -0.3 is 13.8 Å². The molecule has 94 valence electrons. The van der Waals surface area contributed by atoms with Crippen LogP contribution in [0.2, 0.25) is 12.6 Å². The van der Waals surface area contributed by atoms with Crippen molar-refractivity contribution in [2.75, 3.05) is 14.2 Å². The molecule has 0 spiro atoms. The molecule has 7 nitrogen and oxygen atoms in total. The largest absolute Gasteiger partial charge is 0.397 e. The Morgan fingerprint density at radius 1 is 1.47 bits per heavy atom.